The average Bonchev–Trinajstić information content (AvgIpc) is 3.28. The number of benzene rings is 2. The van der Waals surface area contributed by atoms with E-state index in [0.29, 0.717) is 27.4 Å². The molecule has 12 heteroatoms. The summed E-state index contributed by atoms with van der Waals surface area (Å²) in [5.74, 6) is -1.03. The number of carbonyl (C=O) groups is 1. The zero-order chi connectivity index (χ0) is 26.2. The molecular weight excluding hydrogens is 523 g/mol. The second-order valence-electron chi connectivity index (χ2n) is 8.42. The number of primary amides is 1. The lowest BCUT2D eigenvalue weighted by Crippen LogP contribution is -2.47. The van der Waals surface area contributed by atoms with Gasteiger partial charge in [-0.1, -0.05) is 23.7 Å². The van der Waals surface area contributed by atoms with Crippen LogP contribution >= 0.6 is 11.6 Å². The van der Waals surface area contributed by atoms with Gasteiger partial charge in [-0.15, -0.1) is 0 Å². The molecule has 2 aromatic heterocycles. The normalized spacial score (nSPS) is 16.6. The molecule has 1 atom stereocenters. The van der Waals surface area contributed by atoms with Crippen molar-refractivity contribution in [1.82, 2.24) is 14.3 Å². The molecule has 3 N–H and O–H groups in total. The summed E-state index contributed by atoms with van der Waals surface area (Å²) >= 11 is 6.10. The van der Waals surface area contributed by atoms with Crippen LogP contribution < -0.4 is 10.5 Å². The van der Waals surface area contributed by atoms with Gasteiger partial charge in [0, 0.05) is 40.8 Å². The number of morpholine rings is 1. The van der Waals surface area contributed by atoms with Crippen molar-refractivity contribution in [3.05, 3.63) is 77.5 Å². The molecule has 0 saturated carbocycles. The molecule has 1 aliphatic rings. The zero-order valence-electron chi connectivity index (χ0n) is 19.4. The fourth-order valence-corrected chi connectivity index (χ4v) is 6.23. The van der Waals surface area contributed by atoms with Crippen LogP contribution in [0, 0.1) is 5.95 Å². The van der Waals surface area contributed by atoms with E-state index in [1.807, 2.05) is 0 Å². The van der Waals surface area contributed by atoms with Gasteiger partial charge in [0.2, 0.25) is 16.0 Å². The van der Waals surface area contributed by atoms with Crippen molar-refractivity contribution in [3.8, 4) is 16.9 Å². The molecule has 5 rings (SSSR count). The molecule has 2 aromatic carbocycles. The molecule has 0 spiro atoms. The third-order valence-corrected chi connectivity index (χ3v) is 8.19. The molecule has 1 amide bonds. The van der Waals surface area contributed by atoms with Crippen molar-refractivity contribution in [1.29, 1.82) is 0 Å². The molecule has 1 fully saturated rings. The Bertz CT molecular complexity index is 1590. The summed E-state index contributed by atoms with van der Waals surface area (Å²) in [6.07, 6.45) is 0.782. The first-order chi connectivity index (χ1) is 17.7. The van der Waals surface area contributed by atoms with Crippen LogP contribution in [0.1, 0.15) is 10.5 Å². The summed E-state index contributed by atoms with van der Waals surface area (Å²) < 4.78 is 54.3. The Morgan fingerprint density at radius 2 is 2.08 bits per heavy atom. The fraction of sp³-hybridized carbons (Fsp3) is 0.200. The number of nitrogens with one attached hydrogen (secondary N) is 1. The van der Waals surface area contributed by atoms with E-state index in [9.17, 15) is 17.6 Å². The third-order valence-electron chi connectivity index (χ3n) is 6.00. The molecule has 4 aromatic rings. The van der Waals surface area contributed by atoms with Gasteiger partial charge in [0.1, 0.15) is 29.0 Å². The number of halogens is 2. The number of nitrogens with two attached hydrogens (primary N) is 1. The molecule has 9 nitrogen and oxygen atoms in total. The van der Waals surface area contributed by atoms with E-state index in [2.05, 4.69) is 9.97 Å². The number of carbonyl (C=O) groups excluding carboxylic acids is 1. The maximum absolute atomic E-state index is 14.1. The van der Waals surface area contributed by atoms with Crippen molar-refractivity contribution < 1.29 is 27.1 Å². The number of hydrogen-bond donors (Lipinski definition) is 2. The number of H-pyrrole nitrogens is 1. The van der Waals surface area contributed by atoms with E-state index in [-0.39, 0.29) is 42.3 Å². The van der Waals surface area contributed by atoms with Crippen LogP contribution in [0.15, 0.2) is 65.7 Å². The molecule has 192 valence electrons. The van der Waals surface area contributed by atoms with Gasteiger partial charge < -0.3 is 20.2 Å². The highest BCUT2D eigenvalue weighted by molar-refractivity contribution is 7.89. The van der Waals surface area contributed by atoms with Gasteiger partial charge in [-0.3, -0.25) is 4.79 Å². The number of aromatic amines is 1. The highest BCUT2D eigenvalue weighted by atomic mass is 35.5. The van der Waals surface area contributed by atoms with Crippen LogP contribution in [-0.4, -0.2) is 61.0 Å². The second-order valence-corrected chi connectivity index (χ2v) is 10.7. The highest BCUT2D eigenvalue weighted by Crippen LogP contribution is 2.32. The van der Waals surface area contributed by atoms with Gasteiger partial charge in [0.05, 0.1) is 6.61 Å². The van der Waals surface area contributed by atoms with Gasteiger partial charge in [0.25, 0.3) is 5.91 Å². The first-order valence-electron chi connectivity index (χ1n) is 11.3. The lowest BCUT2D eigenvalue weighted by atomic mass is 10.1. The van der Waals surface area contributed by atoms with Crippen LogP contribution in [-0.2, 0) is 14.8 Å². The minimum atomic E-state index is -4.14. The maximum Gasteiger partial charge on any atom is 0.266 e. The summed E-state index contributed by atoms with van der Waals surface area (Å²) in [5, 5.41) is 0.598. The number of amides is 1. The Morgan fingerprint density at radius 3 is 2.86 bits per heavy atom. The molecule has 1 aliphatic heterocycles. The summed E-state index contributed by atoms with van der Waals surface area (Å²) in [4.78, 5) is 18.3. The molecule has 1 unspecified atom stereocenters. The molecule has 0 radical (unpaired) electrons. The van der Waals surface area contributed by atoms with Gasteiger partial charge in [-0.2, -0.15) is 8.70 Å². The number of aromatic nitrogens is 2. The van der Waals surface area contributed by atoms with E-state index in [1.54, 1.807) is 48.5 Å². The zero-order valence-corrected chi connectivity index (χ0v) is 20.9. The van der Waals surface area contributed by atoms with Gasteiger partial charge in [-0.25, -0.2) is 13.4 Å². The van der Waals surface area contributed by atoms with Crippen molar-refractivity contribution >= 4 is 38.4 Å². The number of rotatable bonds is 7. The summed E-state index contributed by atoms with van der Waals surface area (Å²) in [7, 11) is -4.14. The highest BCUT2D eigenvalue weighted by Gasteiger charge is 2.36. The second kappa shape index (κ2) is 10.1. The summed E-state index contributed by atoms with van der Waals surface area (Å²) in [6, 6.07) is 14.8. The quantitative estimate of drug-likeness (QED) is 0.342. The first kappa shape index (κ1) is 25.2. The van der Waals surface area contributed by atoms with Crippen molar-refractivity contribution in [2.45, 2.75) is 11.0 Å². The predicted octanol–water partition coefficient (Wildman–Crippen LogP) is 3.59. The standard InChI is InChI=1S/C25H22ClFN4O5S/c26-16-6-7-21-20(12-16)23(22(30-21)25(28)32)37(33,34)31-9-10-35-18(13-31)14-36-17-4-1-3-15(11-17)19-5-2-8-29-24(19)27/h1-8,11-12,18,30H,9-10,13-14H2,(H2,28,32). The summed E-state index contributed by atoms with van der Waals surface area (Å²) in [6.45, 7) is 0.251. The number of sulfonamides is 1. The molecule has 1 saturated heterocycles. The van der Waals surface area contributed by atoms with Gasteiger partial charge in [0.15, 0.2) is 0 Å². The topological polar surface area (TPSA) is 128 Å². The van der Waals surface area contributed by atoms with E-state index in [1.165, 1.54) is 16.6 Å². The lowest BCUT2D eigenvalue weighted by molar-refractivity contribution is -0.0249. The third kappa shape index (κ3) is 5.03. The number of nitrogens with zero attached hydrogens (tertiary/aromatic N) is 2. The van der Waals surface area contributed by atoms with E-state index in [4.69, 9.17) is 26.8 Å². The first-order valence-corrected chi connectivity index (χ1v) is 13.1. The number of hydrogen-bond acceptors (Lipinski definition) is 6. The van der Waals surface area contributed by atoms with E-state index >= 15 is 0 Å². The van der Waals surface area contributed by atoms with Gasteiger partial charge in [-0.05, 0) is 48.0 Å². The molecule has 3 heterocycles. The van der Waals surface area contributed by atoms with Gasteiger partial charge >= 0.3 is 0 Å². The molecule has 0 aliphatic carbocycles. The lowest BCUT2D eigenvalue weighted by Gasteiger charge is -2.32. The molecular formula is C25H22ClFN4O5S. The minimum Gasteiger partial charge on any atom is -0.491 e. The van der Waals surface area contributed by atoms with Crippen molar-refractivity contribution in [2.75, 3.05) is 26.3 Å². The predicted molar refractivity (Wildman–Crippen MR) is 135 cm³/mol. The SMILES string of the molecule is NC(=O)c1[nH]c2ccc(Cl)cc2c1S(=O)(=O)N1CCOC(COc2cccc(-c3cccnc3F)c2)C1. The Hall–Kier alpha value is -3.51. The monoisotopic (exact) mass is 544 g/mol. The van der Waals surface area contributed by atoms with Crippen LogP contribution in [0.25, 0.3) is 22.0 Å². The number of fused-ring (bicyclic) bond motifs is 1. The fourth-order valence-electron chi connectivity index (χ4n) is 4.27. The smallest absolute Gasteiger partial charge is 0.266 e. The largest absolute Gasteiger partial charge is 0.491 e. The van der Waals surface area contributed by atoms with E-state index in [0.717, 1.165) is 0 Å². The number of pyridine rings is 1. The van der Waals surface area contributed by atoms with Crippen molar-refractivity contribution in [3.63, 3.8) is 0 Å². The number of ether oxygens (including phenoxy) is 2. The molecule has 37 heavy (non-hydrogen) atoms. The van der Waals surface area contributed by atoms with E-state index < -0.39 is 28.0 Å². The van der Waals surface area contributed by atoms with Crippen molar-refractivity contribution in [2.24, 2.45) is 5.73 Å². The van der Waals surface area contributed by atoms with Crippen LogP contribution in [0.4, 0.5) is 4.39 Å². The Kier molecular flexibility index (Phi) is 6.86. The minimum absolute atomic E-state index is 0.00923. The Labute approximate surface area is 217 Å². The maximum atomic E-state index is 14.1. The van der Waals surface area contributed by atoms with Crippen LogP contribution in [0.5, 0.6) is 5.75 Å². The Morgan fingerprint density at radius 1 is 1.24 bits per heavy atom. The Balaban J connectivity index is 1.35. The van der Waals surface area contributed by atoms with Crippen LogP contribution in [0.3, 0.4) is 0 Å². The average molecular weight is 545 g/mol. The summed E-state index contributed by atoms with van der Waals surface area (Å²) in [5.41, 5.74) is 6.63. The molecule has 0 bridgehead atoms. The van der Waals surface area contributed by atoms with Crippen LogP contribution in [0.2, 0.25) is 5.02 Å².